The first-order chi connectivity index (χ1) is 14.4. The summed E-state index contributed by atoms with van der Waals surface area (Å²) in [5, 5.41) is 8.69. The van der Waals surface area contributed by atoms with E-state index in [0.717, 1.165) is 5.56 Å². The number of guanidine groups is 1. The van der Waals surface area contributed by atoms with Gasteiger partial charge in [-0.2, -0.15) is 8.78 Å². The monoisotopic (exact) mass is 421 g/mol. The molecule has 30 heavy (non-hydrogen) atoms. The summed E-state index contributed by atoms with van der Waals surface area (Å²) in [5.41, 5.74) is 1.48. The van der Waals surface area contributed by atoms with Gasteiger partial charge in [0.05, 0.1) is 7.11 Å². The molecule has 0 aliphatic heterocycles. The Morgan fingerprint density at radius 2 is 2.03 bits per heavy atom. The van der Waals surface area contributed by atoms with Crippen LogP contribution in [0.5, 0.6) is 11.5 Å². The Hall–Kier alpha value is -3.43. The summed E-state index contributed by atoms with van der Waals surface area (Å²) in [4.78, 5) is 20.2. The first-order valence-corrected chi connectivity index (χ1v) is 9.20. The molecule has 0 spiro atoms. The molecule has 0 aliphatic rings. The number of nitrogens with zero attached hydrogens (tertiary/aromatic N) is 2. The number of methoxy groups -OCH3 is 1. The topological polar surface area (TPSA) is 96.9 Å². The molecule has 0 saturated heterocycles. The van der Waals surface area contributed by atoms with Gasteiger partial charge in [-0.25, -0.2) is 4.98 Å². The number of pyridine rings is 1. The Kier molecular flexibility index (Phi) is 8.79. The molecule has 2 aromatic rings. The van der Waals surface area contributed by atoms with Crippen molar-refractivity contribution in [3.8, 4) is 11.5 Å². The second kappa shape index (κ2) is 11.5. The Balaban J connectivity index is 1.84. The molecule has 1 amide bonds. The van der Waals surface area contributed by atoms with Crippen molar-refractivity contribution >= 4 is 17.7 Å². The van der Waals surface area contributed by atoms with E-state index in [1.54, 1.807) is 25.4 Å². The average molecular weight is 421 g/mol. The molecule has 3 N–H and O–H groups in total. The van der Waals surface area contributed by atoms with Gasteiger partial charge in [0.15, 0.2) is 5.96 Å². The minimum Gasteiger partial charge on any atom is -0.497 e. The lowest BCUT2D eigenvalue weighted by atomic mass is 10.2. The van der Waals surface area contributed by atoms with Crippen LogP contribution in [0.4, 0.5) is 14.6 Å². The van der Waals surface area contributed by atoms with Crippen LogP contribution in [0.15, 0.2) is 41.5 Å². The average Bonchev–Trinajstić information content (AvgIpc) is 2.72. The summed E-state index contributed by atoms with van der Waals surface area (Å²) in [7, 11) is 3.05. The minimum atomic E-state index is -2.93. The number of nitrogens with one attached hydrogen (secondary N) is 3. The zero-order valence-corrected chi connectivity index (χ0v) is 17.0. The Morgan fingerprint density at radius 1 is 1.23 bits per heavy atom. The SMILES string of the molecule is CN=C(NCCC(=O)Nc1ccc(C)cn1)NCc1cc(OC)ccc1OC(F)F. The Bertz CT molecular complexity index is 860. The molecule has 162 valence electrons. The summed E-state index contributed by atoms with van der Waals surface area (Å²) in [6.45, 7) is -0.542. The van der Waals surface area contributed by atoms with Crippen molar-refractivity contribution < 1.29 is 23.0 Å². The second-order valence-corrected chi connectivity index (χ2v) is 6.22. The van der Waals surface area contributed by atoms with E-state index in [1.807, 2.05) is 13.0 Å². The zero-order chi connectivity index (χ0) is 21.9. The molecule has 8 nitrogen and oxygen atoms in total. The second-order valence-electron chi connectivity index (χ2n) is 6.22. The van der Waals surface area contributed by atoms with Crippen LogP contribution in [0.2, 0.25) is 0 Å². The van der Waals surface area contributed by atoms with Crippen LogP contribution in [0.3, 0.4) is 0 Å². The van der Waals surface area contributed by atoms with Crippen molar-refractivity contribution in [2.24, 2.45) is 4.99 Å². The largest absolute Gasteiger partial charge is 0.497 e. The van der Waals surface area contributed by atoms with Crippen LogP contribution < -0.4 is 25.4 Å². The van der Waals surface area contributed by atoms with Crippen LogP contribution in [0.1, 0.15) is 17.5 Å². The highest BCUT2D eigenvalue weighted by atomic mass is 19.3. The fraction of sp³-hybridized carbons (Fsp3) is 0.350. The van der Waals surface area contributed by atoms with E-state index in [1.165, 1.54) is 19.2 Å². The first kappa shape index (κ1) is 22.9. The maximum Gasteiger partial charge on any atom is 0.387 e. The fourth-order valence-electron chi connectivity index (χ4n) is 2.47. The van der Waals surface area contributed by atoms with Crippen molar-refractivity contribution in [2.45, 2.75) is 26.5 Å². The number of hydrogen-bond acceptors (Lipinski definition) is 5. The third kappa shape index (κ3) is 7.53. The van der Waals surface area contributed by atoms with Gasteiger partial charge in [0.1, 0.15) is 17.3 Å². The van der Waals surface area contributed by atoms with E-state index in [9.17, 15) is 13.6 Å². The van der Waals surface area contributed by atoms with Crippen molar-refractivity contribution in [2.75, 3.05) is 26.0 Å². The highest BCUT2D eigenvalue weighted by molar-refractivity contribution is 5.90. The summed E-state index contributed by atoms with van der Waals surface area (Å²) in [6.07, 6.45) is 1.86. The molecule has 10 heteroatoms. The highest BCUT2D eigenvalue weighted by Crippen LogP contribution is 2.25. The van der Waals surface area contributed by atoms with Gasteiger partial charge in [0.2, 0.25) is 5.91 Å². The van der Waals surface area contributed by atoms with Gasteiger partial charge in [0, 0.05) is 38.3 Å². The predicted molar refractivity (Wildman–Crippen MR) is 110 cm³/mol. The molecule has 0 radical (unpaired) electrons. The zero-order valence-electron chi connectivity index (χ0n) is 17.0. The molecule has 1 aromatic heterocycles. The fourth-order valence-corrected chi connectivity index (χ4v) is 2.47. The van der Waals surface area contributed by atoms with Gasteiger partial charge in [-0.1, -0.05) is 6.07 Å². The molecule has 0 unspecified atom stereocenters. The third-order valence-corrected chi connectivity index (χ3v) is 3.98. The predicted octanol–water partition coefficient (Wildman–Crippen LogP) is 2.69. The van der Waals surface area contributed by atoms with E-state index >= 15 is 0 Å². The number of anilines is 1. The number of halogens is 2. The van der Waals surface area contributed by atoms with Crippen molar-refractivity contribution in [3.63, 3.8) is 0 Å². The van der Waals surface area contributed by atoms with Gasteiger partial charge in [0.25, 0.3) is 0 Å². The minimum absolute atomic E-state index is 0.0405. The van der Waals surface area contributed by atoms with E-state index in [2.05, 4.69) is 30.7 Å². The van der Waals surface area contributed by atoms with Crippen LogP contribution in [-0.2, 0) is 11.3 Å². The molecule has 0 saturated carbocycles. The lowest BCUT2D eigenvalue weighted by molar-refractivity contribution is -0.116. The number of carbonyl (C=O) groups excluding carboxylic acids is 1. The summed E-state index contributed by atoms with van der Waals surface area (Å²) in [6, 6.07) is 8.14. The molecule has 0 fully saturated rings. The molecular weight excluding hydrogens is 396 g/mol. The highest BCUT2D eigenvalue weighted by Gasteiger charge is 2.12. The van der Waals surface area contributed by atoms with Crippen LogP contribution in [0.25, 0.3) is 0 Å². The third-order valence-electron chi connectivity index (χ3n) is 3.98. The summed E-state index contributed by atoms with van der Waals surface area (Å²) >= 11 is 0. The number of aliphatic imine (C=N–C) groups is 1. The van der Waals surface area contributed by atoms with E-state index < -0.39 is 6.61 Å². The first-order valence-electron chi connectivity index (χ1n) is 9.20. The quantitative estimate of drug-likeness (QED) is 0.426. The summed E-state index contributed by atoms with van der Waals surface area (Å²) < 4.78 is 34.9. The Labute approximate surface area is 173 Å². The number of alkyl halides is 2. The number of ether oxygens (including phenoxy) is 2. The number of carbonyl (C=O) groups is 1. The number of hydrogen-bond donors (Lipinski definition) is 3. The molecule has 0 aliphatic carbocycles. The van der Waals surface area contributed by atoms with E-state index in [0.29, 0.717) is 29.6 Å². The van der Waals surface area contributed by atoms with Crippen LogP contribution >= 0.6 is 0 Å². The summed E-state index contributed by atoms with van der Waals surface area (Å²) in [5.74, 6) is 1.24. The van der Waals surface area contributed by atoms with E-state index in [4.69, 9.17) is 4.74 Å². The number of aryl methyl sites for hydroxylation is 1. The van der Waals surface area contributed by atoms with Gasteiger partial charge < -0.3 is 25.4 Å². The van der Waals surface area contributed by atoms with Gasteiger partial charge in [-0.15, -0.1) is 0 Å². The lowest BCUT2D eigenvalue weighted by Gasteiger charge is -2.15. The molecule has 1 heterocycles. The standard InChI is InChI=1S/C20H25F2N5O3/c1-13-4-7-17(25-11-13)27-18(28)8-9-24-20(23-2)26-12-14-10-15(29-3)5-6-16(14)30-19(21)22/h4-7,10-11,19H,8-9,12H2,1-3H3,(H2,23,24,26)(H,25,27,28). The van der Waals surface area contributed by atoms with E-state index in [-0.39, 0.29) is 24.6 Å². The molecular formula is C20H25F2N5O3. The van der Waals surface area contributed by atoms with Crippen molar-refractivity contribution in [1.82, 2.24) is 15.6 Å². The number of rotatable bonds is 9. The smallest absolute Gasteiger partial charge is 0.387 e. The molecule has 1 aromatic carbocycles. The molecule has 2 rings (SSSR count). The molecule has 0 atom stereocenters. The maximum absolute atomic E-state index is 12.6. The van der Waals surface area contributed by atoms with Crippen LogP contribution in [-0.4, -0.2) is 44.2 Å². The maximum atomic E-state index is 12.6. The van der Waals surface area contributed by atoms with Gasteiger partial charge in [-0.3, -0.25) is 9.79 Å². The van der Waals surface area contributed by atoms with Gasteiger partial charge in [-0.05, 0) is 36.8 Å². The van der Waals surface area contributed by atoms with Gasteiger partial charge >= 0.3 is 6.61 Å². The number of aromatic nitrogens is 1. The van der Waals surface area contributed by atoms with Crippen LogP contribution in [0, 0.1) is 6.92 Å². The molecule has 0 bridgehead atoms. The lowest BCUT2D eigenvalue weighted by Crippen LogP contribution is -2.38. The Morgan fingerprint density at radius 3 is 2.67 bits per heavy atom. The number of benzene rings is 1. The van der Waals surface area contributed by atoms with Crippen molar-refractivity contribution in [1.29, 1.82) is 0 Å². The van der Waals surface area contributed by atoms with Crippen molar-refractivity contribution in [3.05, 3.63) is 47.7 Å². The number of amides is 1. The normalized spacial score (nSPS) is 11.2.